The number of aryl methyl sites for hydroxylation is 1. The number of rotatable bonds is 4. The largest absolute Gasteiger partial charge is 0.348 e. The zero-order chi connectivity index (χ0) is 19.0. The number of amides is 1. The highest BCUT2D eigenvalue weighted by Crippen LogP contribution is 2.42. The van der Waals surface area contributed by atoms with Gasteiger partial charge in [0.1, 0.15) is 12.4 Å². The van der Waals surface area contributed by atoms with Crippen molar-refractivity contribution < 1.29 is 4.79 Å². The fourth-order valence-electron chi connectivity index (χ4n) is 4.53. The van der Waals surface area contributed by atoms with Crippen LogP contribution in [0.1, 0.15) is 43.9 Å². The SMILES string of the molecule is Cc1nnnn1CC(=O)N1CCC2(CC1)c1nc[nH]c1CCN2CC(C)C. The predicted molar refractivity (Wildman–Crippen MR) is 98.7 cm³/mol. The summed E-state index contributed by atoms with van der Waals surface area (Å²) >= 11 is 0. The van der Waals surface area contributed by atoms with Gasteiger partial charge in [-0.2, -0.15) is 0 Å². The summed E-state index contributed by atoms with van der Waals surface area (Å²) in [6.07, 6.45) is 4.67. The molecule has 1 saturated heterocycles. The molecule has 27 heavy (non-hydrogen) atoms. The summed E-state index contributed by atoms with van der Waals surface area (Å²) in [6, 6.07) is 0. The molecule has 0 radical (unpaired) electrons. The lowest BCUT2D eigenvalue weighted by molar-refractivity contribution is -0.135. The topological polar surface area (TPSA) is 95.8 Å². The zero-order valence-corrected chi connectivity index (χ0v) is 16.4. The highest BCUT2D eigenvalue weighted by molar-refractivity contribution is 5.76. The molecule has 4 heterocycles. The predicted octanol–water partition coefficient (Wildman–Crippen LogP) is 0.737. The van der Waals surface area contributed by atoms with Gasteiger partial charge in [0.25, 0.3) is 0 Å². The van der Waals surface area contributed by atoms with E-state index in [0.717, 1.165) is 45.4 Å². The molecular weight excluding hydrogens is 344 g/mol. The fraction of sp³-hybridized carbons (Fsp3) is 0.722. The number of H-pyrrole nitrogens is 1. The maximum absolute atomic E-state index is 12.7. The van der Waals surface area contributed by atoms with Crippen LogP contribution in [0.2, 0.25) is 0 Å². The summed E-state index contributed by atoms with van der Waals surface area (Å²) in [6.45, 7) is 10.1. The van der Waals surface area contributed by atoms with E-state index in [2.05, 4.69) is 39.3 Å². The van der Waals surface area contributed by atoms with Crippen LogP contribution >= 0.6 is 0 Å². The molecule has 0 bridgehead atoms. The van der Waals surface area contributed by atoms with Crippen LogP contribution in [-0.2, 0) is 23.3 Å². The molecule has 0 atom stereocenters. The molecule has 0 aliphatic carbocycles. The van der Waals surface area contributed by atoms with E-state index in [1.54, 1.807) is 4.68 Å². The molecule has 2 aromatic rings. The molecule has 9 nitrogen and oxygen atoms in total. The minimum atomic E-state index is -0.0562. The molecular formula is C18H28N8O. The Morgan fingerprint density at radius 3 is 2.74 bits per heavy atom. The van der Waals surface area contributed by atoms with Gasteiger partial charge in [-0.15, -0.1) is 5.10 Å². The van der Waals surface area contributed by atoms with Gasteiger partial charge in [0.15, 0.2) is 0 Å². The molecule has 4 rings (SSSR count). The molecule has 0 aromatic carbocycles. The van der Waals surface area contributed by atoms with E-state index >= 15 is 0 Å². The van der Waals surface area contributed by atoms with Crippen LogP contribution in [0.3, 0.4) is 0 Å². The quantitative estimate of drug-likeness (QED) is 0.850. The van der Waals surface area contributed by atoms with Crippen molar-refractivity contribution in [3.8, 4) is 0 Å². The normalized spacial score (nSPS) is 19.6. The Morgan fingerprint density at radius 1 is 1.30 bits per heavy atom. The summed E-state index contributed by atoms with van der Waals surface area (Å²) < 4.78 is 1.56. The van der Waals surface area contributed by atoms with Crippen LogP contribution in [-0.4, -0.2) is 72.1 Å². The van der Waals surface area contributed by atoms with Gasteiger partial charge in [0.05, 0.1) is 17.6 Å². The first-order valence-corrected chi connectivity index (χ1v) is 9.78. The Bertz CT molecular complexity index is 802. The number of nitrogens with zero attached hydrogens (tertiary/aromatic N) is 7. The molecule has 9 heteroatoms. The van der Waals surface area contributed by atoms with E-state index in [9.17, 15) is 4.79 Å². The first kappa shape index (κ1) is 18.1. The fourth-order valence-corrected chi connectivity index (χ4v) is 4.53. The summed E-state index contributed by atoms with van der Waals surface area (Å²) in [5.41, 5.74) is 2.40. The molecule has 2 aliphatic rings. The van der Waals surface area contributed by atoms with Crippen molar-refractivity contribution >= 4 is 5.91 Å². The molecule has 2 aliphatic heterocycles. The number of hydrogen-bond acceptors (Lipinski definition) is 6. The van der Waals surface area contributed by atoms with E-state index in [1.165, 1.54) is 11.4 Å². The van der Waals surface area contributed by atoms with Gasteiger partial charge < -0.3 is 9.88 Å². The Kier molecular flexibility index (Phi) is 4.71. The maximum atomic E-state index is 12.7. The van der Waals surface area contributed by atoms with Crippen molar-refractivity contribution in [2.75, 3.05) is 26.2 Å². The second kappa shape index (κ2) is 7.03. The number of fused-ring (bicyclic) bond motifs is 2. The second-order valence-electron chi connectivity index (χ2n) is 8.12. The van der Waals surface area contributed by atoms with E-state index in [-0.39, 0.29) is 18.0 Å². The first-order valence-electron chi connectivity index (χ1n) is 9.78. The number of likely N-dealkylation sites (tertiary alicyclic amines) is 1. The molecule has 0 unspecified atom stereocenters. The van der Waals surface area contributed by atoms with Gasteiger partial charge in [-0.1, -0.05) is 13.8 Å². The van der Waals surface area contributed by atoms with E-state index < -0.39 is 0 Å². The van der Waals surface area contributed by atoms with Crippen LogP contribution in [0.15, 0.2) is 6.33 Å². The van der Waals surface area contributed by atoms with E-state index in [0.29, 0.717) is 11.7 Å². The van der Waals surface area contributed by atoms with Crippen LogP contribution < -0.4 is 0 Å². The van der Waals surface area contributed by atoms with Crippen molar-refractivity contribution in [3.63, 3.8) is 0 Å². The molecule has 1 spiro atoms. The third kappa shape index (κ3) is 3.24. The molecule has 146 valence electrons. The van der Waals surface area contributed by atoms with Crippen LogP contribution in [0.4, 0.5) is 0 Å². The summed E-state index contributed by atoms with van der Waals surface area (Å²) in [7, 11) is 0. The number of aromatic amines is 1. The van der Waals surface area contributed by atoms with Crippen LogP contribution in [0.25, 0.3) is 0 Å². The average Bonchev–Trinajstić information content (AvgIpc) is 3.28. The average molecular weight is 372 g/mol. The first-order chi connectivity index (χ1) is 13.0. The van der Waals surface area contributed by atoms with E-state index in [4.69, 9.17) is 4.98 Å². The van der Waals surface area contributed by atoms with E-state index in [1.807, 2.05) is 18.2 Å². The lowest BCUT2D eigenvalue weighted by Gasteiger charge is -2.51. The second-order valence-corrected chi connectivity index (χ2v) is 8.12. The molecule has 1 fully saturated rings. The number of carbonyl (C=O) groups is 1. The van der Waals surface area contributed by atoms with Gasteiger partial charge >= 0.3 is 0 Å². The number of hydrogen-bond donors (Lipinski definition) is 1. The molecule has 2 aromatic heterocycles. The monoisotopic (exact) mass is 372 g/mol. The minimum absolute atomic E-state index is 0.0562. The number of piperidine rings is 1. The molecule has 1 amide bonds. The van der Waals surface area contributed by atoms with Crippen molar-refractivity contribution in [2.45, 2.75) is 52.1 Å². The number of aromatic nitrogens is 6. The Morgan fingerprint density at radius 2 is 2.07 bits per heavy atom. The Hall–Kier alpha value is -2.29. The number of tetrazole rings is 1. The van der Waals surface area contributed by atoms with Crippen molar-refractivity contribution in [1.29, 1.82) is 0 Å². The lowest BCUT2D eigenvalue weighted by atomic mass is 9.78. The third-order valence-corrected chi connectivity index (χ3v) is 5.92. The standard InChI is InChI=1S/C18H28N8O/c1-13(2)10-25-7-4-15-17(20-12-19-15)18(25)5-8-24(9-6-18)16(27)11-26-14(3)21-22-23-26/h12-13H,4-11H2,1-3H3,(H,19,20). The highest BCUT2D eigenvalue weighted by Gasteiger charge is 2.47. The number of carbonyl (C=O) groups excluding carboxylic acids is 1. The Balaban J connectivity index is 1.50. The highest BCUT2D eigenvalue weighted by atomic mass is 16.2. The minimum Gasteiger partial charge on any atom is -0.348 e. The van der Waals surface area contributed by atoms with Crippen LogP contribution in [0, 0.1) is 12.8 Å². The van der Waals surface area contributed by atoms with Crippen molar-refractivity contribution in [1.82, 2.24) is 40.0 Å². The maximum Gasteiger partial charge on any atom is 0.244 e. The molecule has 0 saturated carbocycles. The van der Waals surface area contributed by atoms with Crippen molar-refractivity contribution in [3.05, 3.63) is 23.5 Å². The summed E-state index contributed by atoms with van der Waals surface area (Å²) in [5.74, 6) is 1.34. The summed E-state index contributed by atoms with van der Waals surface area (Å²) in [4.78, 5) is 25.3. The third-order valence-electron chi connectivity index (χ3n) is 5.92. The van der Waals surface area contributed by atoms with Gasteiger partial charge in [-0.25, -0.2) is 9.67 Å². The summed E-state index contributed by atoms with van der Waals surface area (Å²) in [5, 5.41) is 11.4. The smallest absolute Gasteiger partial charge is 0.244 e. The van der Waals surface area contributed by atoms with Gasteiger partial charge in [-0.05, 0) is 36.1 Å². The van der Waals surface area contributed by atoms with Gasteiger partial charge in [0.2, 0.25) is 5.91 Å². The van der Waals surface area contributed by atoms with Crippen LogP contribution in [0.5, 0.6) is 0 Å². The number of nitrogens with one attached hydrogen (secondary N) is 1. The number of imidazole rings is 1. The zero-order valence-electron chi connectivity index (χ0n) is 16.4. The lowest BCUT2D eigenvalue weighted by Crippen LogP contribution is -2.58. The van der Waals surface area contributed by atoms with Crippen molar-refractivity contribution in [2.24, 2.45) is 5.92 Å². The Labute approximate surface area is 159 Å². The van der Waals surface area contributed by atoms with Gasteiger partial charge in [0, 0.05) is 38.3 Å². The molecule has 1 N–H and O–H groups in total. The van der Waals surface area contributed by atoms with Gasteiger partial charge in [-0.3, -0.25) is 9.69 Å².